The van der Waals surface area contributed by atoms with E-state index in [4.69, 9.17) is 9.47 Å². The number of ether oxygens (including phenoxy) is 2. The van der Waals surface area contributed by atoms with Gasteiger partial charge in [0.05, 0.1) is 11.5 Å². The van der Waals surface area contributed by atoms with Gasteiger partial charge in [0, 0.05) is 12.6 Å². The first-order valence-corrected chi connectivity index (χ1v) is 6.32. The summed E-state index contributed by atoms with van der Waals surface area (Å²) in [4.78, 5) is 22.1. The fourth-order valence-corrected chi connectivity index (χ4v) is 2.01. The number of carbonyl (C=O) groups excluding carboxylic acids is 1. The van der Waals surface area contributed by atoms with E-state index in [1.54, 1.807) is 13.8 Å². The zero-order chi connectivity index (χ0) is 15.6. The molecule has 1 aromatic carbocycles. The minimum atomic E-state index is -0.730. The number of carbonyl (C=O) groups is 1. The van der Waals surface area contributed by atoms with E-state index < -0.39 is 28.1 Å². The summed E-state index contributed by atoms with van der Waals surface area (Å²) in [5.41, 5.74) is -0.768. The third-order valence-corrected chi connectivity index (χ3v) is 2.96. The van der Waals surface area contributed by atoms with E-state index in [0.29, 0.717) is 6.61 Å². The van der Waals surface area contributed by atoms with E-state index >= 15 is 0 Å². The van der Waals surface area contributed by atoms with Crippen molar-refractivity contribution in [3.8, 4) is 0 Å². The standard InChI is InChI=1S/C13H15FN2O5/c1-13(2)20-7-9(21-13)6-15-12(17)10-5-8(14)3-4-11(10)16(18)19/h3-5,9H,6-7H2,1-2H3,(H,15,17). The Morgan fingerprint density at radius 3 is 2.86 bits per heavy atom. The summed E-state index contributed by atoms with van der Waals surface area (Å²) in [6.07, 6.45) is -0.350. The highest BCUT2D eigenvalue weighted by Crippen LogP contribution is 2.22. The van der Waals surface area contributed by atoms with Crippen LogP contribution in [-0.4, -0.2) is 35.9 Å². The molecule has 21 heavy (non-hydrogen) atoms. The Morgan fingerprint density at radius 1 is 1.57 bits per heavy atom. The number of halogens is 1. The molecule has 114 valence electrons. The number of amides is 1. The van der Waals surface area contributed by atoms with E-state index in [0.717, 1.165) is 18.2 Å². The molecule has 1 aromatic rings. The van der Waals surface area contributed by atoms with Gasteiger partial charge in [0.15, 0.2) is 5.79 Å². The SMILES string of the molecule is CC1(C)OCC(CNC(=O)c2cc(F)ccc2[N+](=O)[O-])O1. The topological polar surface area (TPSA) is 90.7 Å². The lowest BCUT2D eigenvalue weighted by atomic mass is 10.1. The fraction of sp³-hybridized carbons (Fsp3) is 0.462. The van der Waals surface area contributed by atoms with Crippen molar-refractivity contribution in [2.45, 2.75) is 25.7 Å². The maximum Gasteiger partial charge on any atom is 0.282 e. The third kappa shape index (κ3) is 3.73. The number of nitrogens with one attached hydrogen (secondary N) is 1. The first kappa shape index (κ1) is 15.3. The highest BCUT2D eigenvalue weighted by molar-refractivity contribution is 5.98. The Kier molecular flexibility index (Phi) is 4.19. The Bertz CT molecular complexity index is 576. The summed E-state index contributed by atoms with van der Waals surface area (Å²) in [6.45, 7) is 3.91. The number of nitrogens with zero attached hydrogens (tertiary/aromatic N) is 1. The summed E-state index contributed by atoms with van der Waals surface area (Å²) >= 11 is 0. The second-order valence-corrected chi connectivity index (χ2v) is 5.08. The molecule has 8 heteroatoms. The van der Waals surface area contributed by atoms with Gasteiger partial charge in [-0.05, 0) is 26.0 Å². The highest BCUT2D eigenvalue weighted by atomic mass is 19.1. The van der Waals surface area contributed by atoms with E-state index in [1.807, 2.05) is 0 Å². The lowest BCUT2D eigenvalue weighted by molar-refractivity contribution is -0.385. The van der Waals surface area contributed by atoms with Crippen molar-refractivity contribution in [1.82, 2.24) is 5.32 Å². The molecule has 0 aromatic heterocycles. The molecule has 1 heterocycles. The maximum atomic E-state index is 13.2. The van der Waals surface area contributed by atoms with Crippen LogP contribution in [0.3, 0.4) is 0 Å². The van der Waals surface area contributed by atoms with Crippen LogP contribution in [0, 0.1) is 15.9 Å². The normalized spacial score (nSPS) is 20.2. The molecule has 0 saturated carbocycles. The van der Waals surface area contributed by atoms with Gasteiger partial charge in [0.1, 0.15) is 17.5 Å². The Balaban J connectivity index is 2.04. The van der Waals surface area contributed by atoms with Crippen molar-refractivity contribution in [3.05, 3.63) is 39.7 Å². The predicted octanol–water partition coefficient (Wildman–Crippen LogP) is 1.62. The molecule has 1 fully saturated rings. The number of hydrogen-bond donors (Lipinski definition) is 1. The van der Waals surface area contributed by atoms with Crippen LogP contribution in [0.15, 0.2) is 18.2 Å². The molecule has 2 rings (SSSR count). The molecule has 0 spiro atoms. The molecular weight excluding hydrogens is 283 g/mol. The number of rotatable bonds is 4. The Hall–Kier alpha value is -2.06. The average Bonchev–Trinajstić information content (AvgIpc) is 2.75. The lowest BCUT2D eigenvalue weighted by Crippen LogP contribution is -2.34. The summed E-state index contributed by atoms with van der Waals surface area (Å²) in [5, 5.41) is 13.3. The summed E-state index contributed by atoms with van der Waals surface area (Å²) in [6, 6.07) is 2.73. The third-order valence-electron chi connectivity index (χ3n) is 2.96. The molecule has 0 radical (unpaired) electrons. The van der Waals surface area contributed by atoms with Gasteiger partial charge in [-0.1, -0.05) is 0 Å². The van der Waals surface area contributed by atoms with Crippen molar-refractivity contribution in [3.63, 3.8) is 0 Å². The molecule has 1 aliphatic rings. The number of benzene rings is 1. The monoisotopic (exact) mass is 298 g/mol. The highest BCUT2D eigenvalue weighted by Gasteiger charge is 2.33. The van der Waals surface area contributed by atoms with E-state index in [1.165, 1.54) is 0 Å². The van der Waals surface area contributed by atoms with Gasteiger partial charge in [0.25, 0.3) is 11.6 Å². The van der Waals surface area contributed by atoms with Crippen molar-refractivity contribution in [2.24, 2.45) is 0 Å². The summed E-state index contributed by atoms with van der Waals surface area (Å²) in [5.74, 6) is -2.16. The van der Waals surface area contributed by atoms with Crippen LogP contribution < -0.4 is 5.32 Å². The van der Waals surface area contributed by atoms with Gasteiger partial charge in [0.2, 0.25) is 0 Å². The largest absolute Gasteiger partial charge is 0.349 e. The van der Waals surface area contributed by atoms with Crippen LogP contribution in [0.1, 0.15) is 24.2 Å². The lowest BCUT2D eigenvalue weighted by Gasteiger charge is -2.17. The fourth-order valence-electron chi connectivity index (χ4n) is 2.01. The second kappa shape index (κ2) is 5.74. The minimum absolute atomic E-state index is 0.121. The number of nitro groups is 1. The summed E-state index contributed by atoms with van der Waals surface area (Å²) in [7, 11) is 0. The smallest absolute Gasteiger partial charge is 0.282 e. The van der Waals surface area contributed by atoms with Gasteiger partial charge < -0.3 is 14.8 Å². The zero-order valence-electron chi connectivity index (χ0n) is 11.6. The zero-order valence-corrected chi connectivity index (χ0v) is 11.6. The van der Waals surface area contributed by atoms with Crippen molar-refractivity contribution in [1.29, 1.82) is 0 Å². The molecule has 1 saturated heterocycles. The van der Waals surface area contributed by atoms with Gasteiger partial charge in [-0.3, -0.25) is 14.9 Å². The van der Waals surface area contributed by atoms with E-state index in [2.05, 4.69) is 5.32 Å². The molecule has 1 N–H and O–H groups in total. The first-order chi connectivity index (χ1) is 9.78. The van der Waals surface area contributed by atoms with Gasteiger partial charge >= 0.3 is 0 Å². The van der Waals surface area contributed by atoms with Crippen LogP contribution in [0.5, 0.6) is 0 Å². The Labute approximate surface area is 120 Å². The van der Waals surface area contributed by atoms with Crippen molar-refractivity contribution < 1.29 is 23.6 Å². The number of nitro benzene ring substituents is 1. The quantitative estimate of drug-likeness (QED) is 0.673. The van der Waals surface area contributed by atoms with Crippen molar-refractivity contribution >= 4 is 11.6 Å². The molecule has 1 amide bonds. The van der Waals surface area contributed by atoms with Gasteiger partial charge in [-0.15, -0.1) is 0 Å². The van der Waals surface area contributed by atoms with Crippen LogP contribution in [0.2, 0.25) is 0 Å². The van der Waals surface area contributed by atoms with Gasteiger partial charge in [-0.25, -0.2) is 4.39 Å². The second-order valence-electron chi connectivity index (χ2n) is 5.08. The van der Waals surface area contributed by atoms with Gasteiger partial charge in [-0.2, -0.15) is 0 Å². The maximum absolute atomic E-state index is 13.2. The molecule has 1 unspecified atom stereocenters. The number of hydrogen-bond acceptors (Lipinski definition) is 5. The first-order valence-electron chi connectivity index (χ1n) is 6.32. The molecule has 1 aliphatic heterocycles. The molecule has 0 bridgehead atoms. The van der Waals surface area contributed by atoms with Crippen LogP contribution in [-0.2, 0) is 9.47 Å². The summed E-state index contributed by atoms with van der Waals surface area (Å²) < 4.78 is 24.0. The van der Waals surface area contributed by atoms with Crippen LogP contribution in [0.4, 0.5) is 10.1 Å². The van der Waals surface area contributed by atoms with Crippen LogP contribution in [0.25, 0.3) is 0 Å². The van der Waals surface area contributed by atoms with E-state index in [9.17, 15) is 19.3 Å². The molecule has 0 aliphatic carbocycles. The van der Waals surface area contributed by atoms with Crippen molar-refractivity contribution in [2.75, 3.05) is 13.2 Å². The Morgan fingerprint density at radius 2 is 2.29 bits per heavy atom. The minimum Gasteiger partial charge on any atom is -0.349 e. The van der Waals surface area contributed by atoms with E-state index in [-0.39, 0.29) is 18.2 Å². The van der Waals surface area contributed by atoms with Crippen LogP contribution >= 0.6 is 0 Å². The molecular formula is C13H15FN2O5. The predicted molar refractivity (Wildman–Crippen MR) is 70.3 cm³/mol. The molecule has 1 atom stereocenters. The average molecular weight is 298 g/mol. The molecule has 7 nitrogen and oxygen atoms in total.